The van der Waals surface area contributed by atoms with Gasteiger partial charge in [0.25, 0.3) is 5.91 Å². The molecule has 0 spiro atoms. The zero-order valence-corrected chi connectivity index (χ0v) is 18.4. The minimum atomic E-state index is -3.76. The van der Waals surface area contributed by atoms with Crippen molar-refractivity contribution in [3.8, 4) is 0 Å². The van der Waals surface area contributed by atoms with E-state index in [2.05, 4.69) is 0 Å². The molecule has 7 nitrogen and oxygen atoms in total. The van der Waals surface area contributed by atoms with Gasteiger partial charge in [-0.15, -0.1) is 0 Å². The lowest BCUT2D eigenvalue weighted by molar-refractivity contribution is -0.136. The number of carbonyl (C=O) groups is 2. The number of aromatic nitrogens is 1. The maximum atomic E-state index is 11.8. The van der Waals surface area contributed by atoms with E-state index in [9.17, 15) is 18.0 Å². The number of carboxylic acids is 1. The van der Waals surface area contributed by atoms with Crippen LogP contribution < -0.4 is 5.73 Å². The summed E-state index contributed by atoms with van der Waals surface area (Å²) < 4.78 is 25.3. The molecule has 9 heteroatoms. The zero-order chi connectivity index (χ0) is 22.6. The molecule has 3 N–H and O–H groups in total. The highest BCUT2D eigenvalue weighted by molar-refractivity contribution is 7.92. The van der Waals surface area contributed by atoms with Crippen LogP contribution in [0.25, 0.3) is 10.9 Å². The Kier molecular flexibility index (Phi) is 7.28. The summed E-state index contributed by atoms with van der Waals surface area (Å²) in [7, 11) is -1.96. The predicted molar refractivity (Wildman–Crippen MR) is 117 cm³/mol. The summed E-state index contributed by atoms with van der Waals surface area (Å²) in [6.07, 6.45) is 0.814. The van der Waals surface area contributed by atoms with Crippen LogP contribution in [0.1, 0.15) is 29.9 Å². The number of hydrogen-bond acceptors (Lipinski definition) is 4. The Morgan fingerprint density at radius 1 is 1.13 bits per heavy atom. The molecule has 160 valence electrons. The normalized spacial score (nSPS) is 12.1. The minimum absolute atomic E-state index is 0.0552. The van der Waals surface area contributed by atoms with Crippen LogP contribution in [0.4, 0.5) is 0 Å². The minimum Gasteiger partial charge on any atom is -0.480 e. The van der Waals surface area contributed by atoms with Gasteiger partial charge in [0.05, 0.1) is 4.90 Å². The molecule has 0 radical (unpaired) electrons. The molecular weight excluding hydrogens is 428 g/mol. The summed E-state index contributed by atoms with van der Waals surface area (Å²) in [5, 5.41) is 8.86. The highest BCUT2D eigenvalue weighted by Gasteiger charge is 2.29. The van der Waals surface area contributed by atoms with Gasteiger partial charge in [0.1, 0.15) is 5.69 Å². The van der Waals surface area contributed by atoms with Crippen LogP contribution in [0.2, 0.25) is 5.02 Å². The highest BCUT2D eigenvalue weighted by atomic mass is 35.5. The summed E-state index contributed by atoms with van der Waals surface area (Å²) >= 11 is 5.83. The van der Waals surface area contributed by atoms with E-state index in [0.29, 0.717) is 10.7 Å². The molecule has 1 amide bonds. The van der Waals surface area contributed by atoms with Gasteiger partial charge >= 0.3 is 5.97 Å². The van der Waals surface area contributed by atoms with Gasteiger partial charge in [-0.25, -0.2) is 8.42 Å². The number of rotatable bonds is 5. The first-order valence-corrected chi connectivity index (χ1v) is 11.0. The molecule has 0 unspecified atom stereocenters. The van der Waals surface area contributed by atoms with E-state index in [1.165, 1.54) is 19.1 Å². The molecule has 1 aromatic heterocycles. The second-order valence-electron chi connectivity index (χ2n) is 6.68. The van der Waals surface area contributed by atoms with Crippen LogP contribution in [0.5, 0.6) is 0 Å². The highest BCUT2D eigenvalue weighted by Crippen LogP contribution is 2.22. The van der Waals surface area contributed by atoms with Crippen LogP contribution in [-0.2, 0) is 28.1 Å². The number of carbonyl (C=O) groups excluding carboxylic acids is 1. The van der Waals surface area contributed by atoms with E-state index < -0.39 is 27.0 Å². The van der Waals surface area contributed by atoms with Crippen LogP contribution in [0.3, 0.4) is 0 Å². The predicted octanol–water partition coefficient (Wildman–Crippen LogP) is 3.43. The molecule has 0 saturated carbocycles. The standard InChI is InChI=1S/C11H14O4S.C10H9ClN2O/c1-3-9-4-6-10(7-5-9)16(14,15)8(2)11(12)13;1-13-8-3-2-7(11)4-6(8)5-9(13)10(12)14/h4-8H,3H2,1-2H3,(H,12,13);2-5H,1H3,(H2,12,14)/t8-;/m0./s1. The Labute approximate surface area is 180 Å². The third-order valence-electron chi connectivity index (χ3n) is 4.73. The first-order valence-electron chi connectivity index (χ1n) is 9.09. The fraction of sp³-hybridized carbons (Fsp3) is 0.238. The molecule has 0 aliphatic heterocycles. The van der Waals surface area contributed by atoms with Crippen molar-refractivity contribution in [2.24, 2.45) is 12.8 Å². The van der Waals surface area contributed by atoms with Crippen LogP contribution in [-0.4, -0.2) is 35.2 Å². The fourth-order valence-electron chi connectivity index (χ4n) is 2.81. The number of aliphatic carboxylic acids is 1. The molecule has 0 aliphatic rings. The Morgan fingerprint density at radius 3 is 2.23 bits per heavy atom. The van der Waals surface area contributed by atoms with E-state index in [1.807, 2.05) is 19.1 Å². The van der Waals surface area contributed by atoms with Crippen molar-refractivity contribution in [1.82, 2.24) is 4.57 Å². The maximum Gasteiger partial charge on any atom is 0.321 e. The quantitative estimate of drug-likeness (QED) is 0.617. The average Bonchev–Trinajstić information content (AvgIpc) is 3.03. The van der Waals surface area contributed by atoms with Crippen LogP contribution in [0.15, 0.2) is 53.4 Å². The molecule has 2 aromatic carbocycles. The smallest absolute Gasteiger partial charge is 0.321 e. The number of hydrogen-bond donors (Lipinski definition) is 2. The third kappa shape index (κ3) is 5.01. The van der Waals surface area contributed by atoms with Crippen molar-refractivity contribution in [3.05, 3.63) is 64.8 Å². The van der Waals surface area contributed by atoms with Gasteiger partial charge in [0, 0.05) is 23.0 Å². The monoisotopic (exact) mass is 450 g/mol. The topological polar surface area (TPSA) is 119 Å². The third-order valence-corrected chi connectivity index (χ3v) is 7.03. The number of nitrogens with zero attached hydrogens (tertiary/aromatic N) is 1. The maximum absolute atomic E-state index is 11.8. The molecule has 0 fully saturated rings. The molecule has 30 heavy (non-hydrogen) atoms. The van der Waals surface area contributed by atoms with Crippen molar-refractivity contribution >= 4 is 44.2 Å². The molecule has 1 heterocycles. The number of aryl methyl sites for hydroxylation is 2. The number of carboxylic acid groups (broad SMARTS) is 1. The van der Waals surface area contributed by atoms with Gasteiger partial charge < -0.3 is 15.4 Å². The summed E-state index contributed by atoms with van der Waals surface area (Å²) in [6, 6.07) is 13.5. The van der Waals surface area contributed by atoms with Crippen molar-refractivity contribution in [1.29, 1.82) is 0 Å². The molecule has 0 bridgehead atoms. The largest absolute Gasteiger partial charge is 0.480 e. The summed E-state index contributed by atoms with van der Waals surface area (Å²) in [5.41, 5.74) is 7.68. The number of fused-ring (bicyclic) bond motifs is 1. The molecule has 3 rings (SSSR count). The summed E-state index contributed by atoms with van der Waals surface area (Å²) in [5.74, 6) is -1.76. The molecule has 1 atom stereocenters. The molecule has 3 aromatic rings. The number of amides is 1. The van der Waals surface area contributed by atoms with Crippen LogP contribution in [0, 0.1) is 0 Å². The van der Waals surface area contributed by atoms with Gasteiger partial charge in [-0.1, -0.05) is 30.7 Å². The van der Waals surface area contributed by atoms with Crippen molar-refractivity contribution in [2.75, 3.05) is 0 Å². The number of halogens is 1. The second-order valence-corrected chi connectivity index (χ2v) is 9.38. The van der Waals surface area contributed by atoms with Gasteiger partial charge in [0.15, 0.2) is 15.1 Å². The van der Waals surface area contributed by atoms with Crippen LogP contribution >= 0.6 is 11.6 Å². The molecule has 0 saturated heterocycles. The number of sulfone groups is 1. The van der Waals surface area contributed by atoms with Crippen molar-refractivity contribution < 1.29 is 23.1 Å². The zero-order valence-electron chi connectivity index (χ0n) is 16.8. The summed E-state index contributed by atoms with van der Waals surface area (Å²) in [6.45, 7) is 3.13. The lowest BCUT2D eigenvalue weighted by Gasteiger charge is -2.08. The Hall–Kier alpha value is -2.84. The van der Waals surface area contributed by atoms with E-state index in [1.54, 1.807) is 35.9 Å². The first-order chi connectivity index (χ1) is 14.0. The lowest BCUT2D eigenvalue weighted by atomic mass is 10.2. The first kappa shape index (κ1) is 23.4. The molecular formula is C21H23ClN2O5S. The Morgan fingerprint density at radius 2 is 1.73 bits per heavy atom. The van der Waals surface area contributed by atoms with Gasteiger partial charge in [0.2, 0.25) is 0 Å². The van der Waals surface area contributed by atoms with Gasteiger partial charge in [-0.3, -0.25) is 9.59 Å². The van der Waals surface area contributed by atoms with Gasteiger partial charge in [-0.05, 0) is 55.3 Å². The molecule has 0 aliphatic carbocycles. The van der Waals surface area contributed by atoms with Crippen molar-refractivity contribution in [2.45, 2.75) is 30.4 Å². The lowest BCUT2D eigenvalue weighted by Crippen LogP contribution is -2.26. The van der Waals surface area contributed by atoms with Crippen molar-refractivity contribution in [3.63, 3.8) is 0 Å². The number of primary amides is 1. The van der Waals surface area contributed by atoms with E-state index in [0.717, 1.165) is 22.9 Å². The second kappa shape index (κ2) is 9.32. The average molecular weight is 451 g/mol. The SMILES string of the molecule is CCc1ccc(S(=O)(=O)[C@@H](C)C(=O)O)cc1.Cn1c(C(N)=O)cc2cc(Cl)ccc21. The Balaban J connectivity index is 0.000000215. The fourth-order valence-corrected chi connectivity index (χ4v) is 4.18. The van der Waals surface area contributed by atoms with Gasteiger partial charge in [-0.2, -0.15) is 0 Å². The number of benzene rings is 2. The van der Waals surface area contributed by atoms with E-state index in [-0.39, 0.29) is 4.90 Å². The Bertz CT molecular complexity index is 1180. The van der Waals surface area contributed by atoms with E-state index >= 15 is 0 Å². The van der Waals surface area contributed by atoms with E-state index in [4.69, 9.17) is 22.4 Å². The summed E-state index contributed by atoms with van der Waals surface area (Å²) in [4.78, 5) is 21.8. The number of nitrogens with two attached hydrogens (primary N) is 1.